The molecule has 1 N–H and O–H groups in total. The van der Waals surface area contributed by atoms with Crippen molar-refractivity contribution in [2.75, 3.05) is 0 Å². The first-order valence-corrected chi connectivity index (χ1v) is 7.39. The second kappa shape index (κ2) is 5.62. The average molecular weight is 252 g/mol. The monoisotopic (exact) mass is 252 g/mol. The lowest BCUT2D eigenvalue weighted by Gasteiger charge is -2.10. The van der Waals surface area contributed by atoms with Gasteiger partial charge in [0.05, 0.1) is 6.10 Å². The van der Waals surface area contributed by atoms with Crippen LogP contribution in [0.3, 0.4) is 0 Å². The molecule has 0 fully saturated rings. The summed E-state index contributed by atoms with van der Waals surface area (Å²) in [7, 11) is 0. The normalized spacial score (nSPS) is 12.9. The lowest BCUT2D eigenvalue weighted by atomic mass is 10.1. The van der Waals surface area contributed by atoms with Crippen LogP contribution in [0.25, 0.3) is 0 Å². The first-order valence-electron chi connectivity index (χ1n) is 5.56. The van der Waals surface area contributed by atoms with Crippen molar-refractivity contribution in [1.29, 1.82) is 0 Å². The van der Waals surface area contributed by atoms with Gasteiger partial charge in [0.25, 0.3) is 0 Å². The van der Waals surface area contributed by atoms with Gasteiger partial charge in [-0.3, -0.25) is 0 Å². The number of hydrogen-bond acceptors (Lipinski definition) is 3. The van der Waals surface area contributed by atoms with Crippen molar-refractivity contribution in [2.24, 2.45) is 0 Å². The Balaban J connectivity index is 1.95. The SMILES string of the molecule is CCc1ccsc1C(O)CCc1ccsc1. The lowest BCUT2D eigenvalue weighted by molar-refractivity contribution is 0.171. The fourth-order valence-corrected chi connectivity index (χ4v) is 3.52. The Morgan fingerprint density at radius 2 is 2.19 bits per heavy atom. The summed E-state index contributed by atoms with van der Waals surface area (Å²) in [4.78, 5) is 1.15. The summed E-state index contributed by atoms with van der Waals surface area (Å²) in [6.45, 7) is 2.14. The Morgan fingerprint density at radius 1 is 1.31 bits per heavy atom. The van der Waals surface area contributed by atoms with Gasteiger partial charge in [-0.2, -0.15) is 11.3 Å². The zero-order valence-corrected chi connectivity index (χ0v) is 11.0. The number of thiophene rings is 2. The van der Waals surface area contributed by atoms with Gasteiger partial charge in [0.2, 0.25) is 0 Å². The molecule has 1 unspecified atom stereocenters. The minimum absolute atomic E-state index is 0.296. The van der Waals surface area contributed by atoms with Gasteiger partial charge in [-0.25, -0.2) is 0 Å². The molecular formula is C13H16OS2. The Labute approximate surface area is 104 Å². The first kappa shape index (κ1) is 11.8. The fraction of sp³-hybridized carbons (Fsp3) is 0.385. The Morgan fingerprint density at radius 3 is 2.88 bits per heavy atom. The zero-order valence-electron chi connectivity index (χ0n) is 9.35. The third-order valence-corrected chi connectivity index (χ3v) is 4.54. The second-order valence-corrected chi connectivity index (χ2v) is 5.58. The molecule has 2 rings (SSSR count). The third kappa shape index (κ3) is 2.73. The molecule has 0 aromatic carbocycles. The van der Waals surface area contributed by atoms with Gasteiger partial charge >= 0.3 is 0 Å². The Kier molecular flexibility index (Phi) is 4.16. The molecule has 0 bridgehead atoms. The van der Waals surface area contributed by atoms with Crippen molar-refractivity contribution < 1.29 is 5.11 Å². The number of hydrogen-bond donors (Lipinski definition) is 1. The lowest BCUT2D eigenvalue weighted by Crippen LogP contribution is -1.99. The summed E-state index contributed by atoms with van der Waals surface area (Å²) >= 11 is 3.39. The van der Waals surface area contributed by atoms with Crippen molar-refractivity contribution in [3.05, 3.63) is 44.3 Å². The molecule has 2 aromatic rings. The highest BCUT2D eigenvalue weighted by Gasteiger charge is 2.13. The standard InChI is InChI=1S/C13H16OS2/c1-2-11-6-8-16-13(11)12(14)4-3-10-5-7-15-9-10/h5-9,12,14H,2-4H2,1H3. The zero-order chi connectivity index (χ0) is 11.4. The van der Waals surface area contributed by atoms with Gasteiger partial charge in [-0.1, -0.05) is 6.92 Å². The molecule has 0 saturated carbocycles. The van der Waals surface area contributed by atoms with Crippen molar-refractivity contribution in [3.8, 4) is 0 Å². The summed E-state index contributed by atoms with van der Waals surface area (Å²) in [5.74, 6) is 0. The van der Waals surface area contributed by atoms with Gasteiger partial charge in [0.15, 0.2) is 0 Å². The van der Waals surface area contributed by atoms with E-state index >= 15 is 0 Å². The van der Waals surface area contributed by atoms with Gasteiger partial charge in [-0.05, 0) is 58.7 Å². The van der Waals surface area contributed by atoms with Crippen LogP contribution in [0.1, 0.15) is 35.5 Å². The molecule has 0 spiro atoms. The molecule has 2 aromatic heterocycles. The summed E-state index contributed by atoms with van der Waals surface area (Å²) in [5.41, 5.74) is 2.63. The molecule has 1 atom stereocenters. The Hall–Kier alpha value is -0.640. The van der Waals surface area contributed by atoms with Crippen molar-refractivity contribution >= 4 is 22.7 Å². The highest BCUT2D eigenvalue weighted by molar-refractivity contribution is 7.10. The van der Waals surface area contributed by atoms with Crippen LogP contribution in [-0.2, 0) is 12.8 Å². The maximum absolute atomic E-state index is 10.1. The highest BCUT2D eigenvalue weighted by atomic mass is 32.1. The van der Waals surface area contributed by atoms with Crippen LogP contribution in [0.2, 0.25) is 0 Å². The smallest absolute Gasteiger partial charge is 0.0887 e. The van der Waals surface area contributed by atoms with E-state index in [4.69, 9.17) is 0 Å². The van der Waals surface area contributed by atoms with Crippen LogP contribution in [0.15, 0.2) is 28.3 Å². The number of rotatable bonds is 5. The first-order chi connectivity index (χ1) is 7.81. The van der Waals surface area contributed by atoms with Crippen LogP contribution < -0.4 is 0 Å². The predicted octanol–water partition coefficient (Wildman–Crippen LogP) is 4.04. The van der Waals surface area contributed by atoms with Crippen LogP contribution in [0.4, 0.5) is 0 Å². The van der Waals surface area contributed by atoms with E-state index in [0.717, 1.165) is 24.1 Å². The minimum atomic E-state index is -0.296. The molecule has 1 nitrogen and oxygen atoms in total. The van der Waals surface area contributed by atoms with Gasteiger partial charge in [-0.15, -0.1) is 11.3 Å². The quantitative estimate of drug-likeness (QED) is 0.851. The van der Waals surface area contributed by atoms with E-state index in [9.17, 15) is 5.11 Å². The number of aryl methyl sites for hydroxylation is 2. The van der Waals surface area contributed by atoms with Crippen molar-refractivity contribution in [1.82, 2.24) is 0 Å². The Bertz CT molecular complexity index is 417. The number of aliphatic hydroxyl groups is 1. The van der Waals surface area contributed by atoms with E-state index in [2.05, 4.69) is 35.2 Å². The van der Waals surface area contributed by atoms with E-state index in [1.54, 1.807) is 22.7 Å². The van der Waals surface area contributed by atoms with Gasteiger partial charge in [0.1, 0.15) is 0 Å². The molecule has 16 heavy (non-hydrogen) atoms. The number of aliphatic hydroxyl groups excluding tert-OH is 1. The van der Waals surface area contributed by atoms with Crippen LogP contribution in [0.5, 0.6) is 0 Å². The topological polar surface area (TPSA) is 20.2 Å². The van der Waals surface area contributed by atoms with Crippen LogP contribution in [-0.4, -0.2) is 5.11 Å². The molecule has 86 valence electrons. The average Bonchev–Trinajstić information content (AvgIpc) is 2.96. The molecule has 0 aliphatic rings. The molecule has 0 amide bonds. The van der Waals surface area contributed by atoms with Crippen LogP contribution in [0, 0.1) is 0 Å². The molecule has 0 radical (unpaired) electrons. The molecule has 0 aliphatic carbocycles. The fourth-order valence-electron chi connectivity index (χ4n) is 1.80. The van der Waals surface area contributed by atoms with E-state index in [1.165, 1.54) is 11.1 Å². The summed E-state index contributed by atoms with van der Waals surface area (Å²) in [5, 5.41) is 16.4. The van der Waals surface area contributed by atoms with Crippen molar-refractivity contribution in [3.63, 3.8) is 0 Å². The van der Waals surface area contributed by atoms with Gasteiger partial charge < -0.3 is 5.11 Å². The molecule has 0 aliphatic heterocycles. The molecule has 3 heteroatoms. The van der Waals surface area contributed by atoms with E-state index < -0.39 is 0 Å². The van der Waals surface area contributed by atoms with Crippen LogP contribution >= 0.6 is 22.7 Å². The summed E-state index contributed by atoms with van der Waals surface area (Å²) in [6.07, 6.45) is 2.50. The minimum Gasteiger partial charge on any atom is -0.388 e. The predicted molar refractivity (Wildman–Crippen MR) is 71.3 cm³/mol. The van der Waals surface area contributed by atoms with E-state index in [-0.39, 0.29) is 6.10 Å². The van der Waals surface area contributed by atoms with Gasteiger partial charge in [0, 0.05) is 4.88 Å². The maximum atomic E-state index is 10.1. The van der Waals surface area contributed by atoms with Crippen molar-refractivity contribution in [2.45, 2.75) is 32.3 Å². The van der Waals surface area contributed by atoms with E-state index in [0.29, 0.717) is 0 Å². The second-order valence-electron chi connectivity index (χ2n) is 3.85. The largest absolute Gasteiger partial charge is 0.388 e. The summed E-state index contributed by atoms with van der Waals surface area (Å²) in [6, 6.07) is 4.25. The molecule has 0 saturated heterocycles. The highest BCUT2D eigenvalue weighted by Crippen LogP contribution is 2.28. The van der Waals surface area contributed by atoms with E-state index in [1.807, 2.05) is 0 Å². The molecule has 2 heterocycles. The maximum Gasteiger partial charge on any atom is 0.0887 e. The third-order valence-electron chi connectivity index (χ3n) is 2.75. The molecular weight excluding hydrogens is 236 g/mol. The summed E-state index contributed by atoms with van der Waals surface area (Å²) < 4.78 is 0.